The van der Waals surface area contributed by atoms with Crippen molar-refractivity contribution in [3.8, 4) is 0 Å². The number of aromatic nitrogens is 1. The largest absolute Gasteiger partial charge is 0.477 e. The summed E-state index contributed by atoms with van der Waals surface area (Å²) >= 11 is 0. The predicted octanol–water partition coefficient (Wildman–Crippen LogP) is 2.33. The molecule has 0 radical (unpaired) electrons. The Kier molecular flexibility index (Phi) is 5.48. The molecule has 0 saturated heterocycles. The van der Waals surface area contributed by atoms with Crippen molar-refractivity contribution in [2.75, 3.05) is 0 Å². The molecule has 1 heterocycles. The van der Waals surface area contributed by atoms with Crippen LogP contribution in [0.4, 0.5) is 0 Å². The fraction of sp³-hybridized carbons (Fsp3) is 0.500. The molecule has 1 unspecified atom stereocenters. The van der Waals surface area contributed by atoms with Gasteiger partial charge in [-0.2, -0.15) is 0 Å². The Morgan fingerprint density at radius 2 is 1.84 bits per heavy atom. The zero-order valence-electron chi connectivity index (χ0n) is 11.5. The van der Waals surface area contributed by atoms with Crippen LogP contribution in [0, 0.1) is 5.92 Å². The number of nitrogens with zero attached hydrogens (tertiary/aromatic N) is 1. The zero-order chi connectivity index (χ0) is 14.4. The molecule has 0 fully saturated rings. The van der Waals surface area contributed by atoms with Crippen LogP contribution in [-0.2, 0) is 0 Å². The number of aromatic carboxylic acids is 1. The second-order valence-electron chi connectivity index (χ2n) is 4.55. The van der Waals surface area contributed by atoms with E-state index in [1.807, 2.05) is 6.92 Å². The van der Waals surface area contributed by atoms with E-state index in [4.69, 9.17) is 5.11 Å². The Labute approximate surface area is 113 Å². The lowest BCUT2D eigenvalue weighted by Crippen LogP contribution is -2.38. The van der Waals surface area contributed by atoms with E-state index in [9.17, 15) is 9.59 Å². The molecular formula is C14H20N2O3. The number of amides is 1. The van der Waals surface area contributed by atoms with Gasteiger partial charge in [-0.15, -0.1) is 0 Å². The molecule has 19 heavy (non-hydrogen) atoms. The van der Waals surface area contributed by atoms with Crippen LogP contribution in [0.2, 0.25) is 0 Å². The second-order valence-corrected chi connectivity index (χ2v) is 4.55. The summed E-state index contributed by atoms with van der Waals surface area (Å²) in [6, 6.07) is 4.44. The summed E-state index contributed by atoms with van der Waals surface area (Å²) in [6.07, 6.45) is 1.97. The van der Waals surface area contributed by atoms with E-state index in [2.05, 4.69) is 24.1 Å². The summed E-state index contributed by atoms with van der Waals surface area (Å²) < 4.78 is 0. The maximum absolute atomic E-state index is 12.0. The van der Waals surface area contributed by atoms with E-state index in [0.717, 1.165) is 12.8 Å². The molecule has 0 aromatic carbocycles. The molecular weight excluding hydrogens is 244 g/mol. The molecule has 0 spiro atoms. The molecule has 0 aliphatic rings. The highest BCUT2D eigenvalue weighted by Gasteiger charge is 2.18. The van der Waals surface area contributed by atoms with Gasteiger partial charge < -0.3 is 10.4 Å². The van der Waals surface area contributed by atoms with Gasteiger partial charge in [0.2, 0.25) is 0 Å². The van der Waals surface area contributed by atoms with Crippen molar-refractivity contribution >= 4 is 11.9 Å². The van der Waals surface area contributed by atoms with Gasteiger partial charge in [0.15, 0.2) is 0 Å². The summed E-state index contributed by atoms with van der Waals surface area (Å²) in [5.41, 5.74) is 0.0144. The maximum Gasteiger partial charge on any atom is 0.354 e. The number of carboxylic acid groups (broad SMARTS) is 1. The normalized spacial score (nSPS) is 12.2. The molecule has 1 amide bonds. The van der Waals surface area contributed by atoms with Crippen molar-refractivity contribution in [3.05, 3.63) is 29.6 Å². The van der Waals surface area contributed by atoms with E-state index < -0.39 is 5.97 Å². The van der Waals surface area contributed by atoms with Crippen LogP contribution in [0.25, 0.3) is 0 Å². The van der Waals surface area contributed by atoms with Gasteiger partial charge in [-0.25, -0.2) is 9.78 Å². The summed E-state index contributed by atoms with van der Waals surface area (Å²) in [5.74, 6) is -1.06. The Hall–Kier alpha value is -1.91. The maximum atomic E-state index is 12.0. The average Bonchev–Trinajstić information content (AvgIpc) is 2.40. The number of rotatable bonds is 6. The Bertz CT molecular complexity index is 456. The lowest BCUT2D eigenvalue weighted by Gasteiger charge is -2.22. The first-order chi connectivity index (χ1) is 8.99. The van der Waals surface area contributed by atoms with Gasteiger partial charge in [0.1, 0.15) is 11.4 Å². The summed E-state index contributed by atoms with van der Waals surface area (Å²) in [6.45, 7) is 6.12. The minimum atomic E-state index is -1.14. The molecule has 0 saturated carbocycles. The Morgan fingerprint density at radius 1 is 1.26 bits per heavy atom. The van der Waals surface area contributed by atoms with Gasteiger partial charge in [0, 0.05) is 6.04 Å². The molecule has 1 rings (SSSR count). The third kappa shape index (κ3) is 4.05. The van der Waals surface area contributed by atoms with Gasteiger partial charge >= 0.3 is 5.97 Å². The minimum Gasteiger partial charge on any atom is -0.477 e. The van der Waals surface area contributed by atoms with Crippen molar-refractivity contribution in [1.29, 1.82) is 0 Å². The van der Waals surface area contributed by atoms with Crippen LogP contribution in [0.5, 0.6) is 0 Å². The fourth-order valence-electron chi connectivity index (χ4n) is 2.07. The van der Waals surface area contributed by atoms with Crippen LogP contribution in [-0.4, -0.2) is 28.0 Å². The van der Waals surface area contributed by atoms with Crippen molar-refractivity contribution in [2.45, 2.75) is 39.7 Å². The number of pyridine rings is 1. The standard InChI is InChI=1S/C14H20N2O3/c1-4-10(5-2)9(3)15-13(17)11-7-6-8-12(16-11)14(18)19/h6-10H,4-5H2,1-3H3,(H,15,17)(H,18,19). The lowest BCUT2D eigenvalue weighted by atomic mass is 9.95. The highest BCUT2D eigenvalue weighted by molar-refractivity contribution is 5.94. The van der Waals surface area contributed by atoms with Crippen LogP contribution >= 0.6 is 0 Å². The molecule has 2 N–H and O–H groups in total. The highest BCUT2D eigenvalue weighted by atomic mass is 16.4. The number of carbonyl (C=O) groups excluding carboxylic acids is 1. The molecule has 0 aliphatic heterocycles. The van der Waals surface area contributed by atoms with Gasteiger partial charge in [0.25, 0.3) is 5.91 Å². The second kappa shape index (κ2) is 6.87. The van der Waals surface area contributed by atoms with Crippen molar-refractivity contribution in [1.82, 2.24) is 10.3 Å². The third-order valence-corrected chi connectivity index (χ3v) is 3.32. The van der Waals surface area contributed by atoms with Gasteiger partial charge in [-0.05, 0) is 25.0 Å². The first-order valence-corrected chi connectivity index (χ1v) is 6.50. The zero-order valence-corrected chi connectivity index (χ0v) is 11.5. The minimum absolute atomic E-state index is 0.0396. The van der Waals surface area contributed by atoms with E-state index >= 15 is 0 Å². The van der Waals surface area contributed by atoms with E-state index in [1.165, 1.54) is 18.2 Å². The van der Waals surface area contributed by atoms with Crippen molar-refractivity contribution in [3.63, 3.8) is 0 Å². The molecule has 1 aromatic heterocycles. The van der Waals surface area contributed by atoms with Crippen molar-refractivity contribution in [2.24, 2.45) is 5.92 Å². The first-order valence-electron chi connectivity index (χ1n) is 6.50. The Morgan fingerprint density at radius 3 is 2.37 bits per heavy atom. The van der Waals surface area contributed by atoms with Crippen LogP contribution in [0.1, 0.15) is 54.6 Å². The first kappa shape index (κ1) is 15.1. The number of hydrogen-bond donors (Lipinski definition) is 2. The molecule has 5 nitrogen and oxygen atoms in total. The average molecular weight is 264 g/mol. The topological polar surface area (TPSA) is 79.3 Å². The van der Waals surface area contributed by atoms with Crippen molar-refractivity contribution < 1.29 is 14.7 Å². The Balaban J connectivity index is 2.78. The highest BCUT2D eigenvalue weighted by Crippen LogP contribution is 2.13. The molecule has 1 atom stereocenters. The van der Waals surface area contributed by atoms with Crippen LogP contribution < -0.4 is 5.32 Å². The fourth-order valence-corrected chi connectivity index (χ4v) is 2.07. The number of carboxylic acids is 1. The van der Waals surface area contributed by atoms with E-state index in [1.54, 1.807) is 0 Å². The van der Waals surface area contributed by atoms with Crippen LogP contribution in [0.3, 0.4) is 0 Å². The van der Waals surface area contributed by atoms with Crippen LogP contribution in [0.15, 0.2) is 18.2 Å². The number of nitrogens with one attached hydrogen (secondary N) is 1. The summed E-state index contributed by atoms with van der Waals surface area (Å²) in [5, 5.41) is 11.7. The number of hydrogen-bond acceptors (Lipinski definition) is 3. The molecule has 5 heteroatoms. The quantitative estimate of drug-likeness (QED) is 0.826. The van der Waals surface area contributed by atoms with E-state index in [0.29, 0.717) is 5.92 Å². The van der Waals surface area contributed by atoms with Gasteiger partial charge in [-0.1, -0.05) is 32.8 Å². The smallest absolute Gasteiger partial charge is 0.354 e. The lowest BCUT2D eigenvalue weighted by molar-refractivity contribution is 0.0690. The van der Waals surface area contributed by atoms with Gasteiger partial charge in [-0.3, -0.25) is 4.79 Å². The van der Waals surface area contributed by atoms with Gasteiger partial charge in [0.05, 0.1) is 0 Å². The molecule has 104 valence electrons. The van der Waals surface area contributed by atoms with E-state index in [-0.39, 0.29) is 23.3 Å². The summed E-state index contributed by atoms with van der Waals surface area (Å²) in [4.78, 5) is 26.6. The molecule has 0 bridgehead atoms. The summed E-state index contributed by atoms with van der Waals surface area (Å²) in [7, 11) is 0. The molecule has 0 aliphatic carbocycles. The number of carbonyl (C=O) groups is 2. The third-order valence-electron chi connectivity index (χ3n) is 3.32. The SMILES string of the molecule is CCC(CC)C(C)NC(=O)c1cccc(C(=O)O)n1. The monoisotopic (exact) mass is 264 g/mol. The molecule has 1 aromatic rings. The predicted molar refractivity (Wildman–Crippen MR) is 72.2 cm³/mol.